The van der Waals surface area contributed by atoms with Gasteiger partial charge in [-0.15, -0.1) is 0 Å². The zero-order chi connectivity index (χ0) is 22.5. The summed E-state index contributed by atoms with van der Waals surface area (Å²) in [5.41, 5.74) is 1.37. The van der Waals surface area contributed by atoms with Crippen LogP contribution in [0, 0.1) is 0 Å². The quantitative estimate of drug-likeness (QED) is 0.615. The zero-order valence-electron chi connectivity index (χ0n) is 18.0. The second-order valence-electron chi connectivity index (χ2n) is 7.38. The average Bonchev–Trinajstić information content (AvgIpc) is 2.84. The Balaban J connectivity index is 1.57. The van der Waals surface area contributed by atoms with E-state index in [9.17, 15) is 9.59 Å². The summed E-state index contributed by atoms with van der Waals surface area (Å²) >= 11 is 0. The van der Waals surface area contributed by atoms with Gasteiger partial charge in [0.25, 0.3) is 5.91 Å². The van der Waals surface area contributed by atoms with Crippen molar-refractivity contribution in [2.24, 2.45) is 0 Å². The third kappa shape index (κ3) is 4.54. The van der Waals surface area contributed by atoms with Crippen molar-refractivity contribution in [1.29, 1.82) is 0 Å². The molecule has 3 aromatic rings. The summed E-state index contributed by atoms with van der Waals surface area (Å²) in [6.07, 6.45) is 3.17. The molecule has 164 valence electrons. The summed E-state index contributed by atoms with van der Waals surface area (Å²) < 4.78 is 11.2. The molecule has 0 saturated carbocycles. The highest BCUT2D eigenvalue weighted by molar-refractivity contribution is 5.95. The molecule has 0 spiro atoms. The van der Waals surface area contributed by atoms with Crippen molar-refractivity contribution >= 4 is 11.8 Å². The monoisotopic (exact) mass is 432 g/mol. The Bertz CT molecular complexity index is 1110. The Morgan fingerprint density at radius 1 is 1.00 bits per heavy atom. The molecule has 8 nitrogen and oxygen atoms in total. The van der Waals surface area contributed by atoms with E-state index < -0.39 is 0 Å². The van der Waals surface area contributed by atoms with Gasteiger partial charge < -0.3 is 19.3 Å². The molecule has 2 aromatic carbocycles. The molecule has 1 atom stereocenters. The number of hydrogen-bond acceptors (Lipinski definition) is 6. The van der Waals surface area contributed by atoms with Gasteiger partial charge in [-0.2, -0.15) is 0 Å². The normalized spacial score (nSPS) is 15.9. The van der Waals surface area contributed by atoms with Crippen molar-refractivity contribution in [2.75, 3.05) is 26.7 Å². The van der Waals surface area contributed by atoms with E-state index in [1.807, 2.05) is 24.3 Å². The molecule has 2 amide bonds. The molecule has 4 rings (SSSR count). The molecule has 1 aliphatic rings. The first-order valence-corrected chi connectivity index (χ1v) is 10.3. The van der Waals surface area contributed by atoms with Crippen LogP contribution in [0.4, 0.5) is 0 Å². The van der Waals surface area contributed by atoms with Crippen LogP contribution in [-0.4, -0.2) is 58.3 Å². The molecule has 1 aromatic heterocycles. The Morgan fingerprint density at radius 3 is 2.53 bits per heavy atom. The van der Waals surface area contributed by atoms with Gasteiger partial charge in [0.05, 0.1) is 13.2 Å². The van der Waals surface area contributed by atoms with Crippen LogP contribution in [0.3, 0.4) is 0 Å². The van der Waals surface area contributed by atoms with E-state index in [1.165, 1.54) is 0 Å². The fourth-order valence-corrected chi connectivity index (χ4v) is 3.87. The van der Waals surface area contributed by atoms with Gasteiger partial charge in [-0.25, -0.2) is 9.97 Å². The number of nitrogens with zero attached hydrogens (tertiary/aromatic N) is 4. The van der Waals surface area contributed by atoms with Crippen molar-refractivity contribution in [3.8, 4) is 17.5 Å². The summed E-state index contributed by atoms with van der Waals surface area (Å²) in [5.74, 6) is 1.00. The van der Waals surface area contributed by atoms with Crippen molar-refractivity contribution in [3.63, 3.8) is 0 Å². The fraction of sp³-hybridized carbons (Fsp3) is 0.250. The number of carbonyl (C=O) groups is 2. The third-order valence-electron chi connectivity index (χ3n) is 5.40. The minimum Gasteiger partial charge on any atom is -0.496 e. The van der Waals surface area contributed by atoms with Crippen LogP contribution < -0.4 is 9.47 Å². The SMILES string of the molecule is COc1ccccc1[C@H]1CN(C(=O)c2cccc(Oc3ncccn3)c2)CCN1C(C)=O. The van der Waals surface area contributed by atoms with E-state index in [4.69, 9.17) is 9.47 Å². The molecule has 0 aliphatic carbocycles. The number of carbonyl (C=O) groups excluding carboxylic acids is 2. The highest BCUT2D eigenvalue weighted by atomic mass is 16.5. The lowest BCUT2D eigenvalue weighted by Gasteiger charge is -2.41. The minimum absolute atomic E-state index is 0.0359. The van der Waals surface area contributed by atoms with Crippen LogP contribution in [0.15, 0.2) is 67.0 Å². The van der Waals surface area contributed by atoms with E-state index in [1.54, 1.807) is 66.6 Å². The molecule has 0 bridgehead atoms. The van der Waals surface area contributed by atoms with E-state index in [2.05, 4.69) is 9.97 Å². The Morgan fingerprint density at radius 2 is 1.78 bits per heavy atom. The first-order valence-electron chi connectivity index (χ1n) is 10.3. The van der Waals surface area contributed by atoms with Crippen LogP contribution in [-0.2, 0) is 4.79 Å². The highest BCUT2D eigenvalue weighted by Crippen LogP contribution is 2.33. The Hall–Kier alpha value is -3.94. The maximum atomic E-state index is 13.3. The first kappa shape index (κ1) is 21.3. The van der Waals surface area contributed by atoms with Crippen molar-refractivity contribution < 1.29 is 19.1 Å². The Kier molecular flexibility index (Phi) is 6.30. The summed E-state index contributed by atoms with van der Waals surface area (Å²) in [7, 11) is 1.60. The zero-order valence-corrected chi connectivity index (χ0v) is 18.0. The molecule has 2 heterocycles. The lowest BCUT2D eigenvalue weighted by Crippen LogP contribution is -2.51. The standard InChI is InChI=1S/C24H24N4O4/c1-17(29)28-14-13-27(16-21(28)20-9-3-4-10-22(20)31-2)23(30)18-7-5-8-19(15-18)32-24-25-11-6-12-26-24/h3-12,15,21H,13-14,16H2,1-2H3/t21-/m1/s1. The van der Waals surface area contributed by atoms with Crippen molar-refractivity contribution in [2.45, 2.75) is 13.0 Å². The van der Waals surface area contributed by atoms with E-state index in [0.717, 1.165) is 5.56 Å². The van der Waals surface area contributed by atoms with E-state index in [-0.39, 0.29) is 23.9 Å². The molecule has 8 heteroatoms. The lowest BCUT2D eigenvalue weighted by molar-refractivity contribution is -0.133. The van der Waals surface area contributed by atoms with Crippen LogP contribution >= 0.6 is 0 Å². The van der Waals surface area contributed by atoms with E-state index >= 15 is 0 Å². The van der Waals surface area contributed by atoms with Crippen LogP contribution in [0.5, 0.6) is 17.5 Å². The average molecular weight is 432 g/mol. The maximum Gasteiger partial charge on any atom is 0.321 e. The second kappa shape index (κ2) is 9.47. The topological polar surface area (TPSA) is 84.9 Å². The second-order valence-corrected chi connectivity index (χ2v) is 7.38. The molecule has 0 unspecified atom stereocenters. The van der Waals surface area contributed by atoms with Crippen molar-refractivity contribution in [1.82, 2.24) is 19.8 Å². The van der Waals surface area contributed by atoms with Crippen molar-refractivity contribution in [3.05, 3.63) is 78.1 Å². The molecular formula is C24H24N4O4. The summed E-state index contributed by atoms with van der Waals surface area (Å²) in [4.78, 5) is 37.3. The number of benzene rings is 2. The fourth-order valence-electron chi connectivity index (χ4n) is 3.87. The largest absolute Gasteiger partial charge is 0.496 e. The van der Waals surface area contributed by atoms with Gasteiger partial charge in [-0.1, -0.05) is 24.3 Å². The van der Waals surface area contributed by atoms with Gasteiger partial charge in [0.15, 0.2) is 0 Å². The van der Waals surface area contributed by atoms with Gasteiger partial charge in [-0.05, 0) is 30.3 Å². The van der Waals surface area contributed by atoms with Gasteiger partial charge in [0, 0.05) is 50.1 Å². The van der Waals surface area contributed by atoms with Gasteiger partial charge in [0.2, 0.25) is 5.91 Å². The summed E-state index contributed by atoms with van der Waals surface area (Å²) in [5, 5.41) is 0. The molecule has 0 radical (unpaired) electrons. The first-order chi connectivity index (χ1) is 15.6. The number of amides is 2. The van der Waals surface area contributed by atoms with Gasteiger partial charge in [0.1, 0.15) is 11.5 Å². The molecule has 1 aliphatic heterocycles. The smallest absolute Gasteiger partial charge is 0.321 e. The van der Waals surface area contributed by atoms with Crippen LogP contribution in [0.25, 0.3) is 0 Å². The number of para-hydroxylation sites is 1. The molecule has 32 heavy (non-hydrogen) atoms. The van der Waals surface area contributed by atoms with Crippen LogP contribution in [0.2, 0.25) is 0 Å². The van der Waals surface area contributed by atoms with Gasteiger partial charge >= 0.3 is 6.01 Å². The minimum atomic E-state index is -0.293. The number of rotatable bonds is 5. The molecule has 0 N–H and O–H groups in total. The van der Waals surface area contributed by atoms with Gasteiger partial charge in [-0.3, -0.25) is 9.59 Å². The molecule has 1 fully saturated rings. The summed E-state index contributed by atoms with van der Waals surface area (Å²) in [6.45, 7) is 2.80. The van der Waals surface area contributed by atoms with Crippen LogP contribution in [0.1, 0.15) is 28.9 Å². The number of ether oxygens (including phenoxy) is 2. The molecule has 1 saturated heterocycles. The number of piperazine rings is 1. The number of methoxy groups -OCH3 is 1. The van der Waals surface area contributed by atoms with E-state index in [0.29, 0.717) is 36.7 Å². The third-order valence-corrected chi connectivity index (χ3v) is 5.40. The lowest BCUT2D eigenvalue weighted by atomic mass is 10.00. The predicted molar refractivity (Wildman–Crippen MR) is 118 cm³/mol. The summed E-state index contributed by atoms with van der Waals surface area (Å²) in [6, 6.07) is 16.1. The number of aromatic nitrogens is 2. The Labute approximate surface area is 186 Å². The highest BCUT2D eigenvalue weighted by Gasteiger charge is 2.34. The number of hydrogen-bond donors (Lipinski definition) is 0. The maximum absolute atomic E-state index is 13.3. The molecular weight excluding hydrogens is 408 g/mol. The predicted octanol–water partition coefficient (Wildman–Crippen LogP) is 3.32.